The Balaban J connectivity index is 2.48. The van der Waals surface area contributed by atoms with Gasteiger partial charge in [-0.1, -0.05) is 0 Å². The molecule has 0 fully saturated rings. The number of pyridine rings is 1. The molecule has 0 aliphatic carbocycles. The molecule has 2 N–H and O–H groups in total. The predicted octanol–water partition coefficient (Wildman–Crippen LogP) is -0.136. The standard InChI is InChI=1S/C11H18NO3/c1-2-15-11(14)9-10-3-5-12(6-4-10)7-8-13/h3-6,11,13-14H,2,7-9H2,1H3/q+1. The zero-order valence-corrected chi connectivity index (χ0v) is 8.97. The zero-order chi connectivity index (χ0) is 11.1. The first-order valence-electron chi connectivity index (χ1n) is 5.14. The van der Waals surface area contributed by atoms with Gasteiger partial charge in [-0.15, -0.1) is 0 Å². The average Bonchev–Trinajstić information content (AvgIpc) is 2.22. The zero-order valence-electron chi connectivity index (χ0n) is 8.97. The van der Waals surface area contributed by atoms with Crippen LogP contribution in [0.2, 0.25) is 0 Å². The van der Waals surface area contributed by atoms with E-state index >= 15 is 0 Å². The second kappa shape index (κ2) is 6.50. The molecule has 0 amide bonds. The largest absolute Gasteiger partial charge is 0.390 e. The third-order valence-electron chi connectivity index (χ3n) is 2.09. The van der Waals surface area contributed by atoms with Gasteiger partial charge < -0.3 is 14.9 Å². The quantitative estimate of drug-likeness (QED) is 0.510. The maximum Gasteiger partial charge on any atom is 0.171 e. The minimum absolute atomic E-state index is 0.131. The van der Waals surface area contributed by atoms with Crippen LogP contribution >= 0.6 is 0 Å². The van der Waals surface area contributed by atoms with Crippen molar-refractivity contribution in [3.63, 3.8) is 0 Å². The number of aliphatic hydroxyl groups excluding tert-OH is 2. The third-order valence-corrected chi connectivity index (χ3v) is 2.09. The molecule has 4 nitrogen and oxygen atoms in total. The van der Waals surface area contributed by atoms with E-state index in [1.54, 1.807) is 0 Å². The van der Waals surface area contributed by atoms with Crippen molar-refractivity contribution < 1.29 is 19.5 Å². The Morgan fingerprint density at radius 2 is 2.07 bits per heavy atom. The van der Waals surface area contributed by atoms with Crippen LogP contribution < -0.4 is 4.57 Å². The van der Waals surface area contributed by atoms with E-state index in [1.807, 2.05) is 36.0 Å². The molecule has 0 radical (unpaired) electrons. The summed E-state index contributed by atoms with van der Waals surface area (Å²) in [7, 11) is 0. The lowest BCUT2D eigenvalue weighted by Crippen LogP contribution is -2.34. The van der Waals surface area contributed by atoms with Gasteiger partial charge in [0.15, 0.2) is 25.2 Å². The lowest BCUT2D eigenvalue weighted by molar-refractivity contribution is -0.698. The van der Waals surface area contributed by atoms with E-state index in [1.165, 1.54) is 0 Å². The molecule has 1 atom stereocenters. The summed E-state index contributed by atoms with van der Waals surface area (Å²) in [5.41, 5.74) is 1.02. The molecule has 15 heavy (non-hydrogen) atoms. The van der Waals surface area contributed by atoms with Crippen LogP contribution in [0.3, 0.4) is 0 Å². The first-order chi connectivity index (χ1) is 7.26. The molecule has 0 aliphatic heterocycles. The van der Waals surface area contributed by atoms with Crippen molar-refractivity contribution in [2.75, 3.05) is 13.2 Å². The van der Waals surface area contributed by atoms with E-state index in [9.17, 15) is 5.11 Å². The van der Waals surface area contributed by atoms with Gasteiger partial charge in [-0.2, -0.15) is 0 Å². The topological polar surface area (TPSA) is 53.6 Å². The van der Waals surface area contributed by atoms with Crippen molar-refractivity contribution in [2.45, 2.75) is 26.2 Å². The summed E-state index contributed by atoms with van der Waals surface area (Å²) in [6.07, 6.45) is 3.52. The Labute approximate surface area is 89.8 Å². The molecule has 1 aromatic heterocycles. The summed E-state index contributed by atoms with van der Waals surface area (Å²) < 4.78 is 6.92. The van der Waals surface area contributed by atoms with Gasteiger partial charge in [-0.3, -0.25) is 0 Å². The van der Waals surface area contributed by atoms with E-state index in [4.69, 9.17) is 9.84 Å². The molecular formula is C11H18NO3+. The highest BCUT2D eigenvalue weighted by Crippen LogP contribution is 2.01. The molecule has 1 unspecified atom stereocenters. The van der Waals surface area contributed by atoms with Gasteiger partial charge in [0.1, 0.15) is 6.61 Å². The van der Waals surface area contributed by atoms with Gasteiger partial charge in [0.05, 0.1) is 0 Å². The number of hydrogen-bond acceptors (Lipinski definition) is 3. The van der Waals surface area contributed by atoms with E-state index in [-0.39, 0.29) is 6.61 Å². The van der Waals surface area contributed by atoms with E-state index in [2.05, 4.69) is 0 Å². The van der Waals surface area contributed by atoms with Crippen LogP contribution in [0.15, 0.2) is 24.5 Å². The summed E-state index contributed by atoms with van der Waals surface area (Å²) in [4.78, 5) is 0. The van der Waals surface area contributed by atoms with Crippen molar-refractivity contribution in [3.05, 3.63) is 30.1 Å². The van der Waals surface area contributed by atoms with E-state index in [0.29, 0.717) is 19.6 Å². The number of aromatic nitrogens is 1. The lowest BCUT2D eigenvalue weighted by atomic mass is 10.2. The second-order valence-electron chi connectivity index (χ2n) is 3.28. The van der Waals surface area contributed by atoms with E-state index < -0.39 is 6.29 Å². The molecule has 1 rings (SSSR count). The van der Waals surface area contributed by atoms with Gasteiger partial charge >= 0.3 is 0 Å². The molecule has 84 valence electrons. The van der Waals surface area contributed by atoms with Gasteiger partial charge in [0.2, 0.25) is 0 Å². The van der Waals surface area contributed by atoms with Crippen LogP contribution in [0.5, 0.6) is 0 Å². The molecule has 0 aliphatic rings. The monoisotopic (exact) mass is 212 g/mol. The Kier molecular flexibility index (Phi) is 5.25. The van der Waals surface area contributed by atoms with Crippen LogP contribution in [0.4, 0.5) is 0 Å². The van der Waals surface area contributed by atoms with Gasteiger partial charge in [0, 0.05) is 25.2 Å². The fraction of sp³-hybridized carbons (Fsp3) is 0.545. The van der Waals surface area contributed by atoms with Gasteiger partial charge in [-0.25, -0.2) is 4.57 Å². The first kappa shape index (κ1) is 12.1. The number of aliphatic hydroxyl groups is 2. The van der Waals surface area contributed by atoms with E-state index in [0.717, 1.165) is 5.56 Å². The minimum Gasteiger partial charge on any atom is -0.390 e. The lowest BCUT2D eigenvalue weighted by Gasteiger charge is -2.09. The maximum absolute atomic E-state index is 9.41. The molecule has 4 heteroatoms. The van der Waals surface area contributed by atoms with Gasteiger partial charge in [0.25, 0.3) is 0 Å². The van der Waals surface area contributed by atoms with Crippen LogP contribution in [-0.4, -0.2) is 29.7 Å². The molecule has 0 spiro atoms. The summed E-state index contributed by atoms with van der Waals surface area (Å²) in [6, 6.07) is 3.83. The third kappa shape index (κ3) is 4.38. The maximum atomic E-state index is 9.41. The normalized spacial score (nSPS) is 12.7. The number of ether oxygens (including phenoxy) is 1. The number of nitrogens with zero attached hydrogens (tertiary/aromatic N) is 1. The van der Waals surface area contributed by atoms with Crippen LogP contribution in [0.1, 0.15) is 12.5 Å². The fourth-order valence-corrected chi connectivity index (χ4v) is 1.34. The molecule has 1 aromatic rings. The molecule has 1 heterocycles. The average molecular weight is 212 g/mol. The van der Waals surface area contributed by atoms with Crippen molar-refractivity contribution in [1.29, 1.82) is 0 Å². The SMILES string of the molecule is CCOC(O)Cc1cc[n+](CCO)cc1. The Bertz CT molecular complexity index is 274. The van der Waals surface area contributed by atoms with Crippen molar-refractivity contribution in [1.82, 2.24) is 0 Å². The summed E-state index contributed by atoms with van der Waals surface area (Å²) >= 11 is 0. The summed E-state index contributed by atoms with van der Waals surface area (Å²) in [6.45, 7) is 3.09. The Morgan fingerprint density at radius 3 is 2.60 bits per heavy atom. The van der Waals surface area contributed by atoms with Crippen LogP contribution in [0.25, 0.3) is 0 Å². The highest BCUT2D eigenvalue weighted by Gasteiger charge is 2.06. The van der Waals surface area contributed by atoms with Crippen molar-refractivity contribution >= 4 is 0 Å². The van der Waals surface area contributed by atoms with Gasteiger partial charge in [-0.05, 0) is 12.5 Å². The second-order valence-corrected chi connectivity index (χ2v) is 3.28. The molecule has 0 saturated carbocycles. The molecular weight excluding hydrogens is 194 g/mol. The number of hydrogen-bond donors (Lipinski definition) is 2. The molecule has 0 aromatic carbocycles. The Hall–Kier alpha value is -0.970. The molecule has 0 saturated heterocycles. The fourth-order valence-electron chi connectivity index (χ4n) is 1.34. The molecule has 0 bridgehead atoms. The summed E-state index contributed by atoms with van der Waals surface area (Å²) in [5, 5.41) is 18.1. The van der Waals surface area contributed by atoms with Crippen LogP contribution in [0, 0.1) is 0 Å². The highest BCUT2D eigenvalue weighted by atomic mass is 16.6. The minimum atomic E-state index is -0.733. The Morgan fingerprint density at radius 1 is 1.40 bits per heavy atom. The van der Waals surface area contributed by atoms with Crippen molar-refractivity contribution in [3.8, 4) is 0 Å². The number of rotatable bonds is 6. The highest BCUT2D eigenvalue weighted by molar-refractivity contribution is 5.07. The summed E-state index contributed by atoms with van der Waals surface area (Å²) in [5.74, 6) is 0. The smallest absolute Gasteiger partial charge is 0.171 e. The van der Waals surface area contributed by atoms with Crippen molar-refractivity contribution in [2.24, 2.45) is 0 Å². The predicted molar refractivity (Wildman–Crippen MR) is 55.1 cm³/mol. The first-order valence-corrected chi connectivity index (χ1v) is 5.14. The van der Waals surface area contributed by atoms with Crippen LogP contribution in [-0.2, 0) is 17.7 Å².